The zero-order valence-corrected chi connectivity index (χ0v) is 14.8. The number of amides is 1. The van der Waals surface area contributed by atoms with Gasteiger partial charge in [-0.1, -0.05) is 30.3 Å². The molecule has 0 unspecified atom stereocenters. The van der Waals surface area contributed by atoms with Gasteiger partial charge in [0.1, 0.15) is 5.58 Å². The number of nitrogens with zero attached hydrogens (tertiary/aromatic N) is 1. The van der Waals surface area contributed by atoms with Gasteiger partial charge in [0.15, 0.2) is 11.3 Å². The third-order valence-electron chi connectivity index (χ3n) is 4.55. The molecule has 0 radical (unpaired) electrons. The lowest BCUT2D eigenvalue weighted by Gasteiger charge is -2.27. The van der Waals surface area contributed by atoms with E-state index in [9.17, 15) is 9.59 Å². The molecular formula is C21H20N2O4. The summed E-state index contributed by atoms with van der Waals surface area (Å²) in [6.45, 7) is 2.54. The molecule has 0 bridgehead atoms. The molecule has 3 aromatic rings. The topological polar surface area (TPSA) is 71.8 Å². The number of hydrogen-bond donors (Lipinski definition) is 1. The fourth-order valence-corrected chi connectivity index (χ4v) is 3.20. The van der Waals surface area contributed by atoms with Crippen molar-refractivity contribution in [3.8, 4) is 0 Å². The van der Waals surface area contributed by atoms with Crippen LogP contribution in [0.4, 0.5) is 11.6 Å². The lowest BCUT2D eigenvalue weighted by molar-refractivity contribution is -0.115. The molecule has 0 atom stereocenters. The Bertz CT molecular complexity index is 1010. The predicted molar refractivity (Wildman–Crippen MR) is 104 cm³/mol. The normalized spacial score (nSPS) is 14.3. The van der Waals surface area contributed by atoms with Gasteiger partial charge < -0.3 is 19.4 Å². The SMILES string of the molecule is O=C(Cc1cccc2c(=O)cc(N3CCOCC3)oc12)Nc1ccccc1. The monoisotopic (exact) mass is 364 g/mol. The highest BCUT2D eigenvalue weighted by Gasteiger charge is 2.17. The van der Waals surface area contributed by atoms with Crippen LogP contribution >= 0.6 is 0 Å². The maximum Gasteiger partial charge on any atom is 0.228 e. The minimum atomic E-state index is -0.159. The van der Waals surface area contributed by atoms with Gasteiger partial charge in [-0.05, 0) is 18.2 Å². The molecule has 1 amide bonds. The summed E-state index contributed by atoms with van der Waals surface area (Å²) >= 11 is 0. The van der Waals surface area contributed by atoms with Crippen LogP contribution in [0.1, 0.15) is 5.56 Å². The molecule has 1 N–H and O–H groups in total. The van der Waals surface area contributed by atoms with Crippen LogP contribution in [0.2, 0.25) is 0 Å². The summed E-state index contributed by atoms with van der Waals surface area (Å²) in [5.41, 5.74) is 1.78. The van der Waals surface area contributed by atoms with Gasteiger partial charge in [-0.15, -0.1) is 0 Å². The first-order chi connectivity index (χ1) is 13.2. The van der Waals surface area contributed by atoms with Crippen LogP contribution in [-0.4, -0.2) is 32.2 Å². The van der Waals surface area contributed by atoms with Crippen molar-refractivity contribution in [2.45, 2.75) is 6.42 Å². The van der Waals surface area contributed by atoms with Gasteiger partial charge in [-0.3, -0.25) is 9.59 Å². The molecule has 0 spiro atoms. The molecule has 0 saturated carbocycles. The van der Waals surface area contributed by atoms with Crippen molar-refractivity contribution in [2.24, 2.45) is 0 Å². The minimum absolute atomic E-state index is 0.108. The lowest BCUT2D eigenvalue weighted by Crippen LogP contribution is -2.36. The summed E-state index contributed by atoms with van der Waals surface area (Å²) in [6.07, 6.45) is 0.127. The van der Waals surface area contributed by atoms with E-state index in [-0.39, 0.29) is 17.8 Å². The first-order valence-electron chi connectivity index (χ1n) is 8.94. The Balaban J connectivity index is 1.64. The summed E-state index contributed by atoms with van der Waals surface area (Å²) in [5.74, 6) is 0.361. The number of anilines is 2. The van der Waals surface area contributed by atoms with Crippen LogP contribution in [0.25, 0.3) is 11.0 Å². The molecule has 2 aromatic carbocycles. The highest BCUT2D eigenvalue weighted by molar-refractivity contribution is 5.94. The Hall–Kier alpha value is -3.12. The minimum Gasteiger partial charge on any atom is -0.440 e. The van der Waals surface area contributed by atoms with Gasteiger partial charge in [-0.25, -0.2) is 0 Å². The number of benzene rings is 2. The first kappa shape index (κ1) is 17.3. The van der Waals surface area contributed by atoms with Crippen LogP contribution in [0.5, 0.6) is 0 Å². The molecule has 1 saturated heterocycles. The molecule has 1 aliphatic heterocycles. The number of para-hydroxylation sites is 2. The van der Waals surface area contributed by atoms with Gasteiger partial charge in [0.05, 0.1) is 25.0 Å². The second-order valence-corrected chi connectivity index (χ2v) is 6.43. The molecular weight excluding hydrogens is 344 g/mol. The van der Waals surface area contributed by atoms with E-state index in [2.05, 4.69) is 5.32 Å². The Labute approximate surface area is 156 Å². The van der Waals surface area contributed by atoms with Crippen molar-refractivity contribution in [2.75, 3.05) is 36.5 Å². The molecule has 6 nitrogen and oxygen atoms in total. The molecule has 27 heavy (non-hydrogen) atoms. The van der Waals surface area contributed by atoms with Crippen molar-refractivity contribution in [1.29, 1.82) is 0 Å². The van der Waals surface area contributed by atoms with Crippen molar-refractivity contribution in [3.63, 3.8) is 0 Å². The number of nitrogens with one attached hydrogen (secondary N) is 1. The lowest BCUT2D eigenvalue weighted by atomic mass is 10.1. The summed E-state index contributed by atoms with van der Waals surface area (Å²) in [5, 5.41) is 3.35. The zero-order chi connectivity index (χ0) is 18.6. The van der Waals surface area contributed by atoms with Crippen LogP contribution in [0.3, 0.4) is 0 Å². The van der Waals surface area contributed by atoms with E-state index in [0.29, 0.717) is 48.7 Å². The second-order valence-electron chi connectivity index (χ2n) is 6.43. The largest absolute Gasteiger partial charge is 0.440 e. The third kappa shape index (κ3) is 3.85. The van der Waals surface area contributed by atoms with Crippen LogP contribution in [0.15, 0.2) is 63.8 Å². The fraction of sp³-hybridized carbons (Fsp3) is 0.238. The second kappa shape index (κ2) is 7.63. The maximum atomic E-state index is 12.6. The van der Waals surface area contributed by atoms with E-state index < -0.39 is 0 Å². The van der Waals surface area contributed by atoms with Gasteiger partial charge in [0.2, 0.25) is 5.91 Å². The number of hydrogen-bond acceptors (Lipinski definition) is 5. The quantitative estimate of drug-likeness (QED) is 0.771. The number of morpholine rings is 1. The van der Waals surface area contributed by atoms with Crippen LogP contribution in [-0.2, 0) is 16.0 Å². The van der Waals surface area contributed by atoms with Crippen LogP contribution in [0, 0.1) is 0 Å². The number of rotatable bonds is 4. The van der Waals surface area contributed by atoms with Crippen LogP contribution < -0.4 is 15.6 Å². The fourth-order valence-electron chi connectivity index (χ4n) is 3.20. The van der Waals surface area contributed by atoms with Gasteiger partial charge in [-0.2, -0.15) is 0 Å². The Morgan fingerprint density at radius 3 is 2.59 bits per heavy atom. The van der Waals surface area contributed by atoms with E-state index in [0.717, 1.165) is 5.69 Å². The Kier molecular flexibility index (Phi) is 4.89. The molecule has 1 aromatic heterocycles. The van der Waals surface area contributed by atoms with E-state index >= 15 is 0 Å². The van der Waals surface area contributed by atoms with E-state index in [1.54, 1.807) is 12.1 Å². The molecule has 0 aliphatic carbocycles. The summed E-state index contributed by atoms with van der Waals surface area (Å²) in [4.78, 5) is 27.0. The Morgan fingerprint density at radius 1 is 1.04 bits per heavy atom. The Morgan fingerprint density at radius 2 is 1.81 bits per heavy atom. The molecule has 4 rings (SSSR count). The average molecular weight is 364 g/mol. The van der Waals surface area contributed by atoms with Crippen molar-refractivity contribution >= 4 is 28.4 Å². The predicted octanol–water partition coefficient (Wildman–Crippen LogP) is 2.81. The van der Waals surface area contributed by atoms with Crippen molar-refractivity contribution in [1.82, 2.24) is 0 Å². The van der Waals surface area contributed by atoms with E-state index in [1.165, 1.54) is 6.07 Å². The third-order valence-corrected chi connectivity index (χ3v) is 4.55. The van der Waals surface area contributed by atoms with Gasteiger partial charge in [0.25, 0.3) is 0 Å². The van der Waals surface area contributed by atoms with Crippen molar-refractivity contribution in [3.05, 3.63) is 70.4 Å². The smallest absolute Gasteiger partial charge is 0.228 e. The number of carbonyl (C=O) groups excluding carboxylic acids is 1. The number of carbonyl (C=O) groups is 1. The summed E-state index contributed by atoms with van der Waals surface area (Å²) in [7, 11) is 0. The van der Waals surface area contributed by atoms with E-state index in [4.69, 9.17) is 9.15 Å². The standard InChI is InChI=1S/C21H20N2O4/c24-18-14-20(23-9-11-26-12-10-23)27-21-15(5-4-8-17(18)21)13-19(25)22-16-6-2-1-3-7-16/h1-8,14H,9-13H2,(H,22,25). The van der Waals surface area contributed by atoms with Gasteiger partial charge in [0, 0.05) is 30.4 Å². The highest BCUT2D eigenvalue weighted by atomic mass is 16.5. The maximum absolute atomic E-state index is 12.6. The molecule has 1 fully saturated rings. The molecule has 138 valence electrons. The first-order valence-corrected chi connectivity index (χ1v) is 8.94. The molecule has 2 heterocycles. The van der Waals surface area contributed by atoms with Gasteiger partial charge >= 0.3 is 0 Å². The summed E-state index contributed by atoms with van der Waals surface area (Å²) in [6, 6.07) is 16.1. The average Bonchev–Trinajstić information content (AvgIpc) is 2.70. The molecule has 6 heteroatoms. The van der Waals surface area contributed by atoms with Crippen molar-refractivity contribution < 1.29 is 13.9 Å². The zero-order valence-electron chi connectivity index (χ0n) is 14.8. The number of fused-ring (bicyclic) bond motifs is 1. The number of ether oxygens (including phenoxy) is 1. The molecule has 1 aliphatic rings. The summed E-state index contributed by atoms with van der Waals surface area (Å²) < 4.78 is 11.4. The highest BCUT2D eigenvalue weighted by Crippen LogP contribution is 2.23. The van der Waals surface area contributed by atoms with E-state index in [1.807, 2.05) is 41.3 Å².